The molecule has 1 aromatic carbocycles. The summed E-state index contributed by atoms with van der Waals surface area (Å²) in [7, 11) is 0. The lowest BCUT2D eigenvalue weighted by Crippen LogP contribution is -2.35. The molecule has 2 N–H and O–H groups in total. The average Bonchev–Trinajstić information content (AvgIpc) is 2.53. The summed E-state index contributed by atoms with van der Waals surface area (Å²) in [6.07, 6.45) is 1.83. The highest BCUT2D eigenvalue weighted by Crippen LogP contribution is 2.23. The lowest BCUT2D eigenvalue weighted by atomic mass is 9.87. The van der Waals surface area contributed by atoms with E-state index in [2.05, 4.69) is 5.32 Å². The fraction of sp³-hybridized carbons (Fsp3) is 0.562. The van der Waals surface area contributed by atoms with E-state index in [1.807, 2.05) is 6.92 Å². The van der Waals surface area contributed by atoms with Gasteiger partial charge in [-0.3, -0.25) is 4.79 Å². The first-order chi connectivity index (χ1) is 10.1. The molecule has 1 aliphatic heterocycles. The average molecular weight is 295 g/mol. The number of nitrogens with one attached hydrogen (secondary N) is 1. The highest BCUT2D eigenvalue weighted by molar-refractivity contribution is 5.78. The molecule has 0 spiro atoms. The van der Waals surface area contributed by atoms with Crippen molar-refractivity contribution in [2.24, 2.45) is 11.8 Å². The van der Waals surface area contributed by atoms with Gasteiger partial charge in [-0.05, 0) is 36.5 Å². The van der Waals surface area contributed by atoms with Gasteiger partial charge in [0.05, 0.1) is 6.61 Å². The van der Waals surface area contributed by atoms with Crippen molar-refractivity contribution in [1.29, 1.82) is 0 Å². The van der Waals surface area contributed by atoms with E-state index in [0.717, 1.165) is 31.6 Å². The van der Waals surface area contributed by atoms with Crippen LogP contribution in [0.4, 0.5) is 4.39 Å². The third kappa shape index (κ3) is 4.25. The third-order valence-corrected chi connectivity index (χ3v) is 4.13. The van der Waals surface area contributed by atoms with Crippen molar-refractivity contribution in [3.05, 3.63) is 35.1 Å². The molecule has 1 unspecified atom stereocenters. The van der Waals surface area contributed by atoms with E-state index in [9.17, 15) is 9.18 Å². The van der Waals surface area contributed by atoms with Crippen LogP contribution in [-0.4, -0.2) is 24.2 Å². The smallest absolute Gasteiger partial charge is 0.223 e. The van der Waals surface area contributed by atoms with Gasteiger partial charge in [-0.25, -0.2) is 4.39 Å². The van der Waals surface area contributed by atoms with Crippen molar-refractivity contribution in [1.82, 2.24) is 5.32 Å². The van der Waals surface area contributed by atoms with E-state index in [0.29, 0.717) is 12.5 Å². The van der Waals surface area contributed by atoms with E-state index >= 15 is 0 Å². The number of ether oxygens (including phenoxy) is 1. The molecule has 0 aliphatic carbocycles. The van der Waals surface area contributed by atoms with Crippen LogP contribution in [0.25, 0.3) is 0 Å². The van der Waals surface area contributed by atoms with Crippen LogP contribution >= 0.6 is 0 Å². The number of amides is 1. The maximum absolute atomic E-state index is 13.3. The van der Waals surface area contributed by atoms with Gasteiger partial charge in [0.2, 0.25) is 5.91 Å². The Labute approximate surface area is 124 Å². The SMILES string of the molecule is CC(C(=O)NCc1ccc(F)c(CO)c1)C1CCOCC1. The molecule has 1 saturated heterocycles. The van der Waals surface area contributed by atoms with E-state index in [1.165, 1.54) is 6.07 Å². The zero-order valence-electron chi connectivity index (χ0n) is 12.3. The number of halogens is 1. The summed E-state index contributed by atoms with van der Waals surface area (Å²) in [5, 5.41) is 11.9. The summed E-state index contributed by atoms with van der Waals surface area (Å²) in [5.41, 5.74) is 1.03. The fourth-order valence-electron chi connectivity index (χ4n) is 2.64. The summed E-state index contributed by atoms with van der Waals surface area (Å²) in [5.74, 6) is -0.105. The summed E-state index contributed by atoms with van der Waals surface area (Å²) < 4.78 is 18.6. The number of carbonyl (C=O) groups is 1. The molecule has 1 aromatic rings. The van der Waals surface area contributed by atoms with Gasteiger partial charge in [-0.1, -0.05) is 13.0 Å². The predicted molar refractivity (Wildman–Crippen MR) is 76.9 cm³/mol. The standard InChI is InChI=1S/C16H22FNO3/c1-11(13-4-6-21-7-5-13)16(20)18-9-12-2-3-15(17)14(8-12)10-19/h2-3,8,11,13,19H,4-7,9-10H2,1H3,(H,18,20). The number of benzene rings is 1. The van der Waals surface area contributed by atoms with Crippen molar-refractivity contribution in [3.8, 4) is 0 Å². The molecule has 0 bridgehead atoms. The van der Waals surface area contributed by atoms with Crippen LogP contribution in [0.2, 0.25) is 0 Å². The molecule has 1 atom stereocenters. The van der Waals surface area contributed by atoms with Crippen LogP contribution in [0.1, 0.15) is 30.9 Å². The van der Waals surface area contributed by atoms with Gasteiger partial charge in [-0.15, -0.1) is 0 Å². The first kappa shape index (κ1) is 15.9. The highest BCUT2D eigenvalue weighted by atomic mass is 19.1. The van der Waals surface area contributed by atoms with Crippen molar-refractivity contribution in [3.63, 3.8) is 0 Å². The van der Waals surface area contributed by atoms with Gasteiger partial charge < -0.3 is 15.2 Å². The van der Waals surface area contributed by atoms with Crippen LogP contribution in [0.5, 0.6) is 0 Å². The van der Waals surface area contributed by atoms with Crippen molar-refractivity contribution in [2.75, 3.05) is 13.2 Å². The number of aliphatic hydroxyl groups excluding tert-OH is 1. The Morgan fingerprint density at radius 1 is 1.48 bits per heavy atom. The summed E-state index contributed by atoms with van der Waals surface area (Å²) in [6.45, 7) is 3.39. The van der Waals surface area contributed by atoms with E-state index in [-0.39, 0.29) is 24.0 Å². The minimum atomic E-state index is -0.428. The monoisotopic (exact) mass is 295 g/mol. The maximum Gasteiger partial charge on any atom is 0.223 e. The molecule has 0 radical (unpaired) electrons. The number of aliphatic hydroxyl groups is 1. The first-order valence-electron chi connectivity index (χ1n) is 7.35. The minimum Gasteiger partial charge on any atom is -0.392 e. The summed E-state index contributed by atoms with van der Waals surface area (Å²) in [4.78, 5) is 12.2. The largest absolute Gasteiger partial charge is 0.392 e. The maximum atomic E-state index is 13.3. The number of hydrogen-bond acceptors (Lipinski definition) is 3. The van der Waals surface area contributed by atoms with Gasteiger partial charge in [0.1, 0.15) is 5.82 Å². The van der Waals surface area contributed by atoms with Crippen LogP contribution in [0.15, 0.2) is 18.2 Å². The number of hydrogen-bond donors (Lipinski definition) is 2. The molecule has 4 nitrogen and oxygen atoms in total. The molecular formula is C16H22FNO3. The second-order valence-corrected chi connectivity index (χ2v) is 5.54. The zero-order valence-corrected chi connectivity index (χ0v) is 12.3. The molecule has 1 fully saturated rings. The molecule has 0 aromatic heterocycles. The number of carbonyl (C=O) groups excluding carboxylic acids is 1. The Hall–Kier alpha value is -1.46. The third-order valence-electron chi connectivity index (χ3n) is 4.13. The fourth-order valence-corrected chi connectivity index (χ4v) is 2.64. The zero-order chi connectivity index (χ0) is 15.2. The molecule has 1 aliphatic rings. The second kappa shape index (κ2) is 7.52. The van der Waals surface area contributed by atoms with Crippen LogP contribution < -0.4 is 5.32 Å². The van der Waals surface area contributed by atoms with Gasteiger partial charge in [0, 0.05) is 31.2 Å². The van der Waals surface area contributed by atoms with E-state index < -0.39 is 5.82 Å². The molecule has 116 valence electrons. The molecule has 2 rings (SSSR count). The molecule has 0 saturated carbocycles. The van der Waals surface area contributed by atoms with Crippen molar-refractivity contribution < 1.29 is 19.0 Å². The Balaban J connectivity index is 1.88. The minimum absolute atomic E-state index is 0.0109. The molecular weight excluding hydrogens is 273 g/mol. The van der Waals surface area contributed by atoms with Crippen molar-refractivity contribution >= 4 is 5.91 Å². The molecule has 1 amide bonds. The Morgan fingerprint density at radius 3 is 2.86 bits per heavy atom. The summed E-state index contributed by atoms with van der Waals surface area (Å²) in [6, 6.07) is 4.51. The topological polar surface area (TPSA) is 58.6 Å². The van der Waals surface area contributed by atoms with E-state index in [1.54, 1.807) is 12.1 Å². The lowest BCUT2D eigenvalue weighted by molar-refractivity contribution is -0.127. The summed E-state index contributed by atoms with van der Waals surface area (Å²) >= 11 is 0. The Kier molecular flexibility index (Phi) is 5.70. The molecule has 21 heavy (non-hydrogen) atoms. The van der Waals surface area contributed by atoms with Crippen LogP contribution in [0.3, 0.4) is 0 Å². The lowest BCUT2D eigenvalue weighted by Gasteiger charge is -2.27. The Bertz CT molecular complexity index is 486. The predicted octanol–water partition coefficient (Wildman–Crippen LogP) is 2.00. The van der Waals surface area contributed by atoms with Gasteiger partial charge in [0.15, 0.2) is 0 Å². The normalized spacial score (nSPS) is 17.5. The van der Waals surface area contributed by atoms with Crippen LogP contribution in [0, 0.1) is 17.7 Å². The second-order valence-electron chi connectivity index (χ2n) is 5.54. The van der Waals surface area contributed by atoms with Gasteiger partial charge in [0.25, 0.3) is 0 Å². The molecule has 5 heteroatoms. The van der Waals surface area contributed by atoms with Crippen LogP contribution in [-0.2, 0) is 22.7 Å². The van der Waals surface area contributed by atoms with Gasteiger partial charge in [-0.2, -0.15) is 0 Å². The van der Waals surface area contributed by atoms with Crippen molar-refractivity contribution in [2.45, 2.75) is 32.9 Å². The number of rotatable bonds is 5. The first-order valence-corrected chi connectivity index (χ1v) is 7.35. The molecule has 1 heterocycles. The van der Waals surface area contributed by atoms with Gasteiger partial charge >= 0.3 is 0 Å². The Morgan fingerprint density at radius 2 is 2.19 bits per heavy atom. The van der Waals surface area contributed by atoms with E-state index in [4.69, 9.17) is 9.84 Å². The highest BCUT2D eigenvalue weighted by Gasteiger charge is 2.25. The quantitative estimate of drug-likeness (QED) is 0.873.